The monoisotopic (exact) mass is 377 g/mol. The van der Waals surface area contributed by atoms with Crippen molar-refractivity contribution in [2.75, 3.05) is 0 Å². The number of hydrogen-bond acceptors (Lipinski definition) is 11. The van der Waals surface area contributed by atoms with Crippen LogP contribution in [0.3, 0.4) is 0 Å². The van der Waals surface area contributed by atoms with Gasteiger partial charge in [-0.2, -0.15) is 0 Å². The number of aliphatic hydroxyl groups is 2. The molecule has 2 atom stereocenters. The summed E-state index contributed by atoms with van der Waals surface area (Å²) >= 11 is 0.750. The number of carboxylic acids is 4. The van der Waals surface area contributed by atoms with E-state index in [1.807, 2.05) is 0 Å². The molecule has 11 nitrogen and oxygen atoms in total. The van der Waals surface area contributed by atoms with Gasteiger partial charge in [-0.25, -0.2) is 0 Å². The van der Waals surface area contributed by atoms with Gasteiger partial charge < -0.3 is 49.8 Å². The second-order valence-electron chi connectivity index (χ2n) is 2.82. The number of carbonyl (C=O) groups excluding carboxylic acids is 4. The molecule has 2 N–H and O–H groups in total. The summed E-state index contributed by atoms with van der Waals surface area (Å²) in [4.78, 5) is 38.3. The van der Waals surface area contributed by atoms with E-state index < -0.39 is 48.9 Å². The summed E-state index contributed by atoms with van der Waals surface area (Å²) in [5.41, 5.74) is 0. The zero-order valence-electron chi connectivity index (χ0n) is 10.6. The van der Waals surface area contributed by atoms with E-state index in [1.54, 1.807) is 0 Å². The van der Waals surface area contributed by atoms with Gasteiger partial charge in [-0.15, -0.1) is 0 Å². The van der Waals surface area contributed by atoms with Crippen molar-refractivity contribution in [3.63, 3.8) is 0 Å². The summed E-state index contributed by atoms with van der Waals surface area (Å²) < 4.78 is 8.25. The van der Waals surface area contributed by atoms with Crippen LogP contribution < -0.4 is 50.0 Å². The van der Waals surface area contributed by atoms with Crippen LogP contribution in [0.2, 0.25) is 0 Å². The van der Waals surface area contributed by atoms with Gasteiger partial charge in [0.05, 0.1) is 24.1 Å². The average Bonchev–Trinajstić information content (AvgIpc) is 2.30. The predicted octanol–water partition coefficient (Wildman–Crippen LogP) is -11.0. The van der Waals surface area contributed by atoms with E-state index in [1.165, 1.54) is 0 Å². The first-order chi connectivity index (χ1) is 9.07. The minimum absolute atomic E-state index is 0. The van der Waals surface area contributed by atoms with Crippen LogP contribution in [0.15, 0.2) is 0 Å². The van der Waals surface area contributed by atoms with E-state index in [-0.39, 0.29) is 29.6 Å². The Morgan fingerprint density at radius 2 is 0.952 bits per heavy atom. The standard InChI is InChI=1S/2C4H6O5.GeO.Na/c2*5-2(4(8)9)1-3(6)7;1-2;/h2*2,5H,1H2,(H,6,7)(H,8,9);;/q;;;+1/p-4. The summed E-state index contributed by atoms with van der Waals surface area (Å²) in [6.07, 6.45) is -5.78. The van der Waals surface area contributed by atoms with Crippen molar-refractivity contribution < 1.29 is 83.2 Å². The van der Waals surface area contributed by atoms with Gasteiger partial charge in [-0.3, -0.25) is 0 Å². The predicted molar refractivity (Wildman–Crippen MR) is 47.7 cm³/mol. The minimum atomic E-state index is -1.96. The second-order valence-corrected chi connectivity index (χ2v) is 2.82. The number of aliphatic hydroxyl groups excluding tert-OH is 2. The molecule has 0 heterocycles. The zero-order chi connectivity index (χ0) is 16.9. The van der Waals surface area contributed by atoms with Gasteiger partial charge in [0.1, 0.15) is 0 Å². The van der Waals surface area contributed by atoms with Crippen LogP contribution in [-0.4, -0.2) is 62.7 Å². The van der Waals surface area contributed by atoms with E-state index in [4.69, 9.17) is 14.0 Å². The van der Waals surface area contributed by atoms with Gasteiger partial charge in [-0.05, 0) is 0 Å². The summed E-state index contributed by atoms with van der Waals surface area (Å²) in [5.74, 6) is -6.85. The Morgan fingerprint density at radius 1 is 0.762 bits per heavy atom. The first-order valence-corrected chi connectivity index (χ1v) is 5.31. The molecule has 0 aliphatic carbocycles. The Balaban J connectivity index is -0.000000118. The number of aliphatic carboxylic acids is 4. The van der Waals surface area contributed by atoms with Crippen LogP contribution in [0, 0.1) is 0 Å². The Kier molecular flexibility index (Phi) is 23.2. The van der Waals surface area contributed by atoms with Gasteiger partial charge in [0.25, 0.3) is 0 Å². The molecule has 0 aromatic carbocycles. The van der Waals surface area contributed by atoms with Crippen molar-refractivity contribution in [2.24, 2.45) is 0 Å². The molecule has 0 saturated carbocycles. The Morgan fingerprint density at radius 3 is 1.00 bits per heavy atom. The Bertz CT molecular complexity index is 315. The van der Waals surface area contributed by atoms with Crippen molar-refractivity contribution in [3.8, 4) is 0 Å². The van der Waals surface area contributed by atoms with Crippen molar-refractivity contribution in [1.82, 2.24) is 0 Å². The number of carbonyl (C=O) groups is 4. The average molecular weight is 376 g/mol. The molecule has 0 fully saturated rings. The third kappa shape index (κ3) is 24.5. The van der Waals surface area contributed by atoms with E-state index in [0.29, 0.717) is 0 Å². The van der Waals surface area contributed by atoms with E-state index in [0.717, 1.165) is 16.5 Å². The normalized spacial score (nSPS) is 11.0. The molecule has 2 radical (unpaired) electrons. The van der Waals surface area contributed by atoms with Gasteiger partial charge in [0.15, 0.2) is 0 Å². The van der Waals surface area contributed by atoms with Crippen molar-refractivity contribution in [3.05, 3.63) is 0 Å². The van der Waals surface area contributed by atoms with Gasteiger partial charge >= 0.3 is 49.8 Å². The zero-order valence-corrected chi connectivity index (χ0v) is 14.7. The summed E-state index contributed by atoms with van der Waals surface area (Å²) in [6, 6.07) is 0. The number of hydrogen-bond donors (Lipinski definition) is 2. The van der Waals surface area contributed by atoms with Crippen LogP contribution in [0.1, 0.15) is 12.8 Å². The fraction of sp³-hybridized carbons (Fsp3) is 0.500. The Hall–Kier alpha value is -0.857. The third-order valence-corrected chi connectivity index (χ3v) is 1.26. The quantitative estimate of drug-likeness (QED) is 0.415. The summed E-state index contributed by atoms with van der Waals surface area (Å²) in [5, 5.41) is 54.7. The second kappa shape index (κ2) is 17.2. The van der Waals surface area contributed by atoms with Gasteiger partial charge in [-0.1, -0.05) is 0 Å². The molecule has 0 aromatic rings. The maximum atomic E-state index is 9.58. The van der Waals surface area contributed by atoms with Crippen LogP contribution in [-0.2, 0) is 23.0 Å². The topological polar surface area (TPSA) is 218 Å². The van der Waals surface area contributed by atoms with Gasteiger partial charge in [0, 0.05) is 24.8 Å². The van der Waals surface area contributed by atoms with Gasteiger partial charge in [0.2, 0.25) is 0 Å². The molecule has 0 spiro atoms. The molecule has 0 aliphatic rings. The first kappa shape index (κ1) is 28.3. The summed E-state index contributed by atoms with van der Waals surface area (Å²) in [7, 11) is 0. The molecule has 0 amide bonds. The molecule has 114 valence electrons. The Labute approximate surface area is 148 Å². The fourth-order valence-electron chi connectivity index (χ4n) is 0.482. The molecular formula is C8H8GeNaO11-3. The third-order valence-electron chi connectivity index (χ3n) is 1.26. The maximum absolute atomic E-state index is 9.58. The molecular weight excluding hydrogens is 368 g/mol. The first-order valence-electron chi connectivity index (χ1n) is 4.45. The van der Waals surface area contributed by atoms with Crippen molar-refractivity contribution >= 4 is 40.3 Å². The molecule has 0 rings (SSSR count). The van der Waals surface area contributed by atoms with E-state index >= 15 is 0 Å². The molecule has 13 heteroatoms. The summed E-state index contributed by atoms with van der Waals surface area (Å²) in [6.45, 7) is 0. The fourth-order valence-corrected chi connectivity index (χ4v) is 0.482. The van der Waals surface area contributed by atoms with Crippen LogP contribution in [0.4, 0.5) is 0 Å². The van der Waals surface area contributed by atoms with E-state index in [2.05, 4.69) is 0 Å². The molecule has 0 aliphatic heterocycles. The molecule has 21 heavy (non-hydrogen) atoms. The molecule has 0 aromatic heterocycles. The van der Waals surface area contributed by atoms with Crippen LogP contribution >= 0.6 is 0 Å². The molecule has 0 bridgehead atoms. The van der Waals surface area contributed by atoms with Crippen molar-refractivity contribution in [2.45, 2.75) is 25.0 Å². The number of carboxylic acid groups (broad SMARTS) is 4. The van der Waals surface area contributed by atoms with Crippen molar-refractivity contribution in [1.29, 1.82) is 0 Å². The number of rotatable bonds is 6. The van der Waals surface area contributed by atoms with Crippen LogP contribution in [0.25, 0.3) is 0 Å². The van der Waals surface area contributed by atoms with Crippen LogP contribution in [0.5, 0.6) is 0 Å². The molecule has 2 unspecified atom stereocenters. The molecule has 0 saturated heterocycles. The van der Waals surface area contributed by atoms with E-state index in [9.17, 15) is 39.6 Å². The SMILES string of the molecule is O=C([O-])CC(O)C(=O)[O-].O=C([O-])CC(O)C(=O)[O-].[Na+].[O]=[Ge].